The lowest BCUT2D eigenvalue weighted by Gasteiger charge is -2.28. The maximum Gasteiger partial charge on any atom is 0.0540 e. The van der Waals surface area contributed by atoms with Gasteiger partial charge in [-0.15, -0.1) is 0 Å². The van der Waals surface area contributed by atoms with Gasteiger partial charge >= 0.3 is 0 Å². The molecule has 0 aromatic heterocycles. The molecule has 0 unspecified atom stereocenters. The molecule has 0 bridgehead atoms. The Morgan fingerprint density at radius 1 is 0.340 bits per heavy atom. The number of anilines is 3. The molecule has 1 aliphatic rings. The summed E-state index contributed by atoms with van der Waals surface area (Å²) in [5, 5.41) is 2.46. The summed E-state index contributed by atoms with van der Waals surface area (Å²) in [7, 11) is 0. The fraction of sp³-hybridized carbons (Fsp3) is 0.0612. The third-order valence-corrected chi connectivity index (χ3v) is 10.5. The van der Waals surface area contributed by atoms with Crippen LogP contribution in [0.3, 0.4) is 0 Å². The van der Waals surface area contributed by atoms with Crippen LogP contribution < -0.4 is 4.90 Å². The van der Waals surface area contributed by atoms with Gasteiger partial charge in [0.25, 0.3) is 0 Å². The van der Waals surface area contributed by atoms with Crippen LogP contribution in [0, 0.1) is 0 Å². The van der Waals surface area contributed by atoms with Crippen LogP contribution in [0.1, 0.15) is 25.0 Å². The fourth-order valence-electron chi connectivity index (χ4n) is 7.99. The largest absolute Gasteiger partial charge is 0.310 e. The highest BCUT2D eigenvalue weighted by Crippen LogP contribution is 2.53. The van der Waals surface area contributed by atoms with Gasteiger partial charge in [-0.3, -0.25) is 0 Å². The minimum Gasteiger partial charge on any atom is -0.310 e. The number of rotatable bonds is 6. The minimum absolute atomic E-state index is 0.0493. The van der Waals surface area contributed by atoms with E-state index in [1.54, 1.807) is 0 Å². The Kier molecular flexibility index (Phi) is 7.21. The van der Waals surface area contributed by atoms with Crippen molar-refractivity contribution in [1.29, 1.82) is 0 Å². The molecule has 0 amide bonds. The highest BCUT2D eigenvalue weighted by atomic mass is 15.1. The van der Waals surface area contributed by atoms with Gasteiger partial charge in [0.05, 0.1) is 5.69 Å². The van der Waals surface area contributed by atoms with E-state index in [9.17, 15) is 0 Å². The van der Waals surface area contributed by atoms with Gasteiger partial charge in [-0.1, -0.05) is 172 Å². The van der Waals surface area contributed by atoms with Crippen LogP contribution in [0.25, 0.3) is 55.3 Å². The SMILES string of the molecule is CC1(C)c2ccccc2-c2c(-c3ccc(N(c4ccc(-c5ccccc5)cc4)c4ccc(-c5ccccc5)cc4)c4ccccc34)cccc21. The normalized spacial score (nSPS) is 12.8. The predicted octanol–water partition coefficient (Wildman–Crippen LogP) is 13.6. The van der Waals surface area contributed by atoms with Crippen molar-refractivity contribution in [2.75, 3.05) is 4.90 Å². The number of hydrogen-bond acceptors (Lipinski definition) is 1. The first-order chi connectivity index (χ1) is 24.6. The molecule has 238 valence electrons. The van der Waals surface area contributed by atoms with Gasteiger partial charge in [-0.2, -0.15) is 0 Å². The van der Waals surface area contributed by atoms with Gasteiger partial charge in [0.15, 0.2) is 0 Å². The van der Waals surface area contributed by atoms with Crippen LogP contribution in [0.2, 0.25) is 0 Å². The monoisotopic (exact) mass is 639 g/mol. The lowest BCUT2D eigenvalue weighted by molar-refractivity contribution is 0.660. The third kappa shape index (κ3) is 4.94. The summed E-state index contributed by atoms with van der Waals surface area (Å²) in [4.78, 5) is 2.41. The van der Waals surface area contributed by atoms with Crippen LogP contribution >= 0.6 is 0 Å². The van der Waals surface area contributed by atoms with Gasteiger partial charge < -0.3 is 4.90 Å². The molecule has 50 heavy (non-hydrogen) atoms. The lowest BCUT2D eigenvalue weighted by Crippen LogP contribution is -2.14. The van der Waals surface area contributed by atoms with Gasteiger partial charge in [0.1, 0.15) is 0 Å². The Morgan fingerprint density at radius 3 is 1.44 bits per heavy atom. The summed E-state index contributed by atoms with van der Waals surface area (Å²) in [5.41, 5.74) is 16.2. The molecule has 1 heteroatoms. The van der Waals surface area contributed by atoms with Crippen molar-refractivity contribution in [2.24, 2.45) is 0 Å². The van der Waals surface area contributed by atoms with E-state index in [-0.39, 0.29) is 5.41 Å². The first kappa shape index (κ1) is 29.9. The molecular weight excluding hydrogens is 603 g/mol. The maximum atomic E-state index is 2.41. The molecule has 0 heterocycles. The van der Waals surface area contributed by atoms with Crippen molar-refractivity contribution in [2.45, 2.75) is 19.3 Å². The summed E-state index contributed by atoms with van der Waals surface area (Å²) in [5.74, 6) is 0. The zero-order valence-corrected chi connectivity index (χ0v) is 28.3. The van der Waals surface area contributed by atoms with Gasteiger partial charge in [0.2, 0.25) is 0 Å². The standard InChI is InChI=1S/C49H37N/c1-49(2)45-22-12-11-20-44(45)48-43(21-13-23-46(48)49)41-32-33-47(42-19-10-9-18-40(41)42)50(38-28-24-36(25-29-38)34-14-5-3-6-15-34)39-30-26-37(27-31-39)35-16-7-4-8-17-35/h3-33H,1-2H3. The van der Waals surface area contributed by atoms with Crippen LogP contribution in [0.4, 0.5) is 17.1 Å². The van der Waals surface area contributed by atoms with Crippen molar-refractivity contribution in [1.82, 2.24) is 0 Å². The van der Waals surface area contributed by atoms with Crippen LogP contribution in [-0.4, -0.2) is 0 Å². The zero-order chi connectivity index (χ0) is 33.7. The summed E-state index contributed by atoms with van der Waals surface area (Å²) >= 11 is 0. The van der Waals surface area contributed by atoms with Gasteiger partial charge in [0, 0.05) is 22.2 Å². The van der Waals surface area contributed by atoms with E-state index in [0.717, 1.165) is 17.1 Å². The average Bonchev–Trinajstić information content (AvgIpc) is 3.42. The summed E-state index contributed by atoms with van der Waals surface area (Å²) < 4.78 is 0. The van der Waals surface area contributed by atoms with E-state index < -0.39 is 0 Å². The fourth-order valence-corrected chi connectivity index (χ4v) is 7.99. The highest BCUT2D eigenvalue weighted by molar-refractivity contribution is 6.09. The number of hydrogen-bond donors (Lipinski definition) is 0. The molecule has 0 fully saturated rings. The first-order valence-electron chi connectivity index (χ1n) is 17.4. The van der Waals surface area contributed by atoms with E-state index in [2.05, 4.69) is 207 Å². The van der Waals surface area contributed by atoms with Crippen LogP contribution in [-0.2, 0) is 5.41 Å². The highest BCUT2D eigenvalue weighted by Gasteiger charge is 2.36. The van der Waals surface area contributed by atoms with E-state index in [1.165, 1.54) is 66.4 Å². The molecule has 8 aromatic carbocycles. The molecule has 0 atom stereocenters. The molecule has 0 saturated heterocycles. The molecule has 8 aromatic rings. The Bertz CT molecular complexity index is 2390. The average molecular weight is 640 g/mol. The Labute approximate surface area is 294 Å². The molecule has 1 aliphatic carbocycles. The Morgan fingerprint density at radius 2 is 0.820 bits per heavy atom. The molecule has 1 nitrogen and oxygen atoms in total. The van der Waals surface area contributed by atoms with E-state index in [4.69, 9.17) is 0 Å². The summed E-state index contributed by atoms with van der Waals surface area (Å²) in [6.07, 6.45) is 0. The number of nitrogens with zero attached hydrogens (tertiary/aromatic N) is 1. The number of fused-ring (bicyclic) bond motifs is 4. The Balaban J connectivity index is 1.22. The third-order valence-electron chi connectivity index (χ3n) is 10.5. The summed E-state index contributed by atoms with van der Waals surface area (Å²) in [6.45, 7) is 4.71. The second-order valence-corrected chi connectivity index (χ2v) is 13.7. The van der Waals surface area contributed by atoms with Crippen molar-refractivity contribution < 1.29 is 0 Å². The van der Waals surface area contributed by atoms with E-state index in [1.807, 2.05) is 0 Å². The zero-order valence-electron chi connectivity index (χ0n) is 28.3. The van der Waals surface area contributed by atoms with Crippen LogP contribution in [0.15, 0.2) is 188 Å². The molecule has 0 radical (unpaired) electrons. The van der Waals surface area contributed by atoms with E-state index in [0.29, 0.717) is 0 Å². The molecule has 0 aliphatic heterocycles. The first-order valence-corrected chi connectivity index (χ1v) is 17.4. The quantitative estimate of drug-likeness (QED) is 0.175. The molecule has 0 spiro atoms. The maximum absolute atomic E-state index is 2.41. The second kappa shape index (κ2) is 12.1. The van der Waals surface area contributed by atoms with Gasteiger partial charge in [-0.05, 0) is 91.4 Å². The van der Waals surface area contributed by atoms with Crippen molar-refractivity contribution in [3.8, 4) is 44.5 Å². The predicted molar refractivity (Wildman–Crippen MR) is 213 cm³/mol. The van der Waals surface area contributed by atoms with Crippen molar-refractivity contribution in [3.05, 3.63) is 199 Å². The Hall–Kier alpha value is -6.18. The molecule has 0 saturated carbocycles. The number of benzene rings is 8. The topological polar surface area (TPSA) is 3.24 Å². The molecular formula is C49H37N. The summed E-state index contributed by atoms with van der Waals surface area (Å²) in [6, 6.07) is 68.5. The van der Waals surface area contributed by atoms with E-state index >= 15 is 0 Å². The lowest BCUT2D eigenvalue weighted by atomic mass is 9.82. The minimum atomic E-state index is -0.0493. The van der Waals surface area contributed by atoms with Crippen molar-refractivity contribution in [3.63, 3.8) is 0 Å². The molecule has 9 rings (SSSR count). The van der Waals surface area contributed by atoms with Crippen molar-refractivity contribution >= 4 is 27.8 Å². The second-order valence-electron chi connectivity index (χ2n) is 13.7. The van der Waals surface area contributed by atoms with Gasteiger partial charge in [-0.25, -0.2) is 0 Å². The molecule has 0 N–H and O–H groups in total. The van der Waals surface area contributed by atoms with Crippen LogP contribution in [0.5, 0.6) is 0 Å². The smallest absolute Gasteiger partial charge is 0.0540 e.